The number of anilines is 1. The van der Waals surface area contributed by atoms with Crippen LogP contribution in [0.15, 0.2) is 41.2 Å². The fraction of sp³-hybridized carbons (Fsp3) is 0.364. The van der Waals surface area contributed by atoms with Crippen molar-refractivity contribution in [3.8, 4) is 0 Å². The molecule has 0 amide bonds. The highest BCUT2D eigenvalue weighted by molar-refractivity contribution is 6.31. The molecule has 2 aromatic heterocycles. The number of nitrogens with one attached hydrogen (secondary N) is 1. The Balaban J connectivity index is 0.00000272. The molecule has 3 heterocycles. The van der Waals surface area contributed by atoms with Gasteiger partial charge in [-0.3, -0.25) is 4.79 Å². The molecule has 7 nitrogen and oxygen atoms in total. The van der Waals surface area contributed by atoms with Crippen molar-refractivity contribution in [3.63, 3.8) is 0 Å². The normalized spacial score (nSPS) is 16.2. The lowest BCUT2D eigenvalue weighted by Crippen LogP contribution is -2.43. The van der Waals surface area contributed by atoms with E-state index in [1.165, 1.54) is 0 Å². The number of aromatic nitrogens is 2. The lowest BCUT2D eigenvalue weighted by atomic mass is 10.1. The third-order valence-corrected chi connectivity index (χ3v) is 5.80. The summed E-state index contributed by atoms with van der Waals surface area (Å²) in [7, 11) is 0. The Bertz CT molecular complexity index is 1140. The summed E-state index contributed by atoms with van der Waals surface area (Å²) in [6.45, 7) is 3.97. The van der Waals surface area contributed by atoms with E-state index in [-0.39, 0.29) is 36.3 Å². The molecule has 0 radical (unpaired) electrons. The van der Waals surface area contributed by atoms with Gasteiger partial charge < -0.3 is 24.9 Å². The van der Waals surface area contributed by atoms with E-state index in [2.05, 4.69) is 9.88 Å². The van der Waals surface area contributed by atoms with E-state index in [4.69, 9.17) is 22.1 Å². The molecule has 1 saturated heterocycles. The predicted octanol–water partition coefficient (Wildman–Crippen LogP) is 3.56. The number of fused-ring (bicyclic) bond motifs is 1. The molecule has 1 fully saturated rings. The fourth-order valence-electron chi connectivity index (χ4n) is 4.05. The van der Waals surface area contributed by atoms with Crippen LogP contribution in [0.4, 0.5) is 5.82 Å². The molecule has 1 aromatic carbocycles. The van der Waals surface area contributed by atoms with Gasteiger partial charge in [-0.1, -0.05) is 29.8 Å². The lowest BCUT2D eigenvalue weighted by molar-refractivity contribution is 0.0519. The van der Waals surface area contributed by atoms with Crippen LogP contribution in [0.5, 0.6) is 0 Å². The van der Waals surface area contributed by atoms with E-state index in [1.54, 1.807) is 13.0 Å². The average molecular weight is 465 g/mol. The number of nitrogens with two attached hydrogens (primary N) is 1. The third-order valence-electron chi connectivity index (χ3n) is 5.43. The summed E-state index contributed by atoms with van der Waals surface area (Å²) in [4.78, 5) is 30.0. The zero-order valence-electron chi connectivity index (χ0n) is 17.3. The molecule has 4 rings (SSSR count). The smallest absolute Gasteiger partial charge is 0.354 e. The molecule has 1 aliphatic rings. The van der Waals surface area contributed by atoms with Gasteiger partial charge in [0.2, 0.25) is 0 Å². The van der Waals surface area contributed by atoms with Gasteiger partial charge in [-0.2, -0.15) is 0 Å². The van der Waals surface area contributed by atoms with Gasteiger partial charge >= 0.3 is 5.97 Å². The summed E-state index contributed by atoms with van der Waals surface area (Å²) in [5.74, 6) is 0.350. The number of piperidine rings is 1. The molecule has 3 aromatic rings. The maximum atomic E-state index is 13.0. The topological polar surface area (TPSA) is 93.3 Å². The Labute approximate surface area is 191 Å². The van der Waals surface area contributed by atoms with E-state index in [9.17, 15) is 9.59 Å². The number of aromatic amines is 1. The van der Waals surface area contributed by atoms with Crippen LogP contribution in [0.2, 0.25) is 5.02 Å². The first-order valence-electron chi connectivity index (χ1n) is 10.2. The zero-order valence-corrected chi connectivity index (χ0v) is 18.8. The maximum Gasteiger partial charge on any atom is 0.354 e. The van der Waals surface area contributed by atoms with Crippen LogP contribution in [-0.4, -0.2) is 41.3 Å². The van der Waals surface area contributed by atoms with Gasteiger partial charge in [0, 0.05) is 29.5 Å². The van der Waals surface area contributed by atoms with Crippen LogP contribution in [0.25, 0.3) is 10.9 Å². The van der Waals surface area contributed by atoms with Gasteiger partial charge in [-0.15, -0.1) is 12.4 Å². The first-order chi connectivity index (χ1) is 14.5. The lowest BCUT2D eigenvalue weighted by Gasteiger charge is -2.33. The molecular formula is C22H26Cl2N4O3. The number of hydrogen-bond acceptors (Lipinski definition) is 5. The second-order valence-electron chi connectivity index (χ2n) is 7.56. The Kier molecular flexibility index (Phi) is 7.30. The van der Waals surface area contributed by atoms with Gasteiger partial charge in [0.05, 0.1) is 13.2 Å². The number of H-pyrrole nitrogens is 1. The predicted molar refractivity (Wildman–Crippen MR) is 126 cm³/mol. The number of benzene rings is 1. The highest BCUT2D eigenvalue weighted by atomic mass is 35.5. The Morgan fingerprint density at radius 2 is 2.10 bits per heavy atom. The molecule has 0 unspecified atom stereocenters. The summed E-state index contributed by atoms with van der Waals surface area (Å²) in [5, 5.41) is 1.32. The minimum absolute atomic E-state index is 0. The standard InChI is InChI=1S/C22H25ClN4O3.ClH/c1-2-30-22(29)18-10-15-11-19(26-9-5-7-16(24)13-26)27(20(15)21(28)25-18)12-14-6-3-4-8-17(14)23;/h3-4,6,8,10-11,16H,2,5,7,9,12-13,24H2,1H3,(H,25,28);1H/t16-;/m1./s1. The van der Waals surface area contributed by atoms with Gasteiger partial charge in [0.1, 0.15) is 17.0 Å². The number of halogens is 2. The monoisotopic (exact) mass is 464 g/mol. The molecule has 0 bridgehead atoms. The van der Waals surface area contributed by atoms with Crippen molar-refractivity contribution >= 4 is 46.7 Å². The van der Waals surface area contributed by atoms with Crippen LogP contribution >= 0.6 is 24.0 Å². The molecule has 31 heavy (non-hydrogen) atoms. The largest absolute Gasteiger partial charge is 0.461 e. The Morgan fingerprint density at radius 1 is 1.32 bits per heavy atom. The summed E-state index contributed by atoms with van der Waals surface area (Å²) in [5.41, 5.74) is 7.42. The number of carbonyl (C=O) groups excluding carboxylic acids is 1. The molecular weight excluding hydrogens is 439 g/mol. The van der Waals surface area contributed by atoms with Crippen LogP contribution in [-0.2, 0) is 11.3 Å². The van der Waals surface area contributed by atoms with E-state index in [0.717, 1.165) is 30.8 Å². The molecule has 9 heteroatoms. The molecule has 1 aliphatic heterocycles. The number of pyridine rings is 1. The molecule has 0 saturated carbocycles. The van der Waals surface area contributed by atoms with Crippen LogP contribution in [0, 0.1) is 0 Å². The van der Waals surface area contributed by atoms with Gasteiger partial charge in [0.25, 0.3) is 5.56 Å². The average Bonchev–Trinajstić information content (AvgIpc) is 3.09. The number of ether oxygens (including phenoxy) is 1. The van der Waals surface area contributed by atoms with Crippen LogP contribution in [0.3, 0.4) is 0 Å². The van der Waals surface area contributed by atoms with Crippen molar-refractivity contribution in [3.05, 3.63) is 63.0 Å². The number of carbonyl (C=O) groups is 1. The number of hydrogen-bond donors (Lipinski definition) is 2. The van der Waals surface area contributed by atoms with Crippen molar-refractivity contribution < 1.29 is 9.53 Å². The molecule has 0 aliphatic carbocycles. The van der Waals surface area contributed by atoms with Crippen LogP contribution in [0.1, 0.15) is 35.8 Å². The number of esters is 1. The molecule has 0 spiro atoms. The second kappa shape index (κ2) is 9.77. The van der Waals surface area contributed by atoms with Crippen LogP contribution < -0.4 is 16.2 Å². The van der Waals surface area contributed by atoms with Gasteiger partial charge in [-0.25, -0.2) is 4.79 Å². The second-order valence-corrected chi connectivity index (χ2v) is 7.97. The van der Waals surface area contributed by atoms with E-state index in [0.29, 0.717) is 29.0 Å². The minimum atomic E-state index is -0.545. The third kappa shape index (κ3) is 4.74. The Hall–Kier alpha value is -2.48. The van der Waals surface area contributed by atoms with E-state index in [1.807, 2.05) is 34.9 Å². The quantitative estimate of drug-likeness (QED) is 0.563. The van der Waals surface area contributed by atoms with Crippen molar-refractivity contribution in [2.45, 2.75) is 32.4 Å². The maximum absolute atomic E-state index is 13.0. The fourth-order valence-corrected chi connectivity index (χ4v) is 4.24. The van der Waals surface area contributed by atoms with Crippen molar-refractivity contribution in [1.82, 2.24) is 9.55 Å². The molecule has 1 atom stereocenters. The van der Waals surface area contributed by atoms with Crippen molar-refractivity contribution in [1.29, 1.82) is 0 Å². The SMILES string of the molecule is CCOC(=O)c1cc2cc(N3CCC[C@@H](N)C3)n(Cc3ccccc3Cl)c2c(=O)[nH]1.Cl. The number of rotatable bonds is 5. The highest BCUT2D eigenvalue weighted by Gasteiger charge is 2.24. The van der Waals surface area contributed by atoms with Crippen molar-refractivity contribution in [2.75, 3.05) is 24.6 Å². The van der Waals surface area contributed by atoms with E-state index >= 15 is 0 Å². The van der Waals surface area contributed by atoms with E-state index < -0.39 is 5.97 Å². The zero-order chi connectivity index (χ0) is 21.3. The highest BCUT2D eigenvalue weighted by Crippen LogP contribution is 2.29. The van der Waals surface area contributed by atoms with Gasteiger partial charge in [-0.05, 0) is 43.5 Å². The summed E-state index contributed by atoms with van der Waals surface area (Å²) < 4.78 is 7.01. The molecule has 3 N–H and O–H groups in total. The Morgan fingerprint density at radius 3 is 2.81 bits per heavy atom. The summed E-state index contributed by atoms with van der Waals surface area (Å²) in [6.07, 6.45) is 1.97. The van der Waals surface area contributed by atoms with Crippen molar-refractivity contribution in [2.24, 2.45) is 5.73 Å². The molecule has 166 valence electrons. The van der Waals surface area contributed by atoms with Gasteiger partial charge in [0.15, 0.2) is 0 Å². The summed E-state index contributed by atoms with van der Waals surface area (Å²) in [6, 6.07) is 11.3. The minimum Gasteiger partial charge on any atom is -0.461 e. The first kappa shape index (κ1) is 23.2. The first-order valence-corrected chi connectivity index (χ1v) is 10.5. The number of nitrogens with zero attached hydrogens (tertiary/aromatic N) is 2. The summed E-state index contributed by atoms with van der Waals surface area (Å²) >= 11 is 6.40.